The molecule has 0 aliphatic carbocycles. The van der Waals surface area contributed by atoms with Gasteiger partial charge in [0.1, 0.15) is 11.8 Å². The van der Waals surface area contributed by atoms with Gasteiger partial charge in [0.25, 0.3) is 0 Å². The van der Waals surface area contributed by atoms with Gasteiger partial charge in [0, 0.05) is 0 Å². The molecule has 0 radical (unpaired) electrons. The van der Waals surface area contributed by atoms with E-state index in [2.05, 4.69) is 0 Å². The molecular formula is C7H8F6O. The van der Waals surface area contributed by atoms with E-state index in [1.165, 1.54) is 0 Å². The first-order chi connectivity index (χ1) is 5.98. The van der Waals surface area contributed by atoms with Gasteiger partial charge in [-0.3, -0.25) is 4.79 Å². The third-order valence-electron chi connectivity index (χ3n) is 1.84. The molecule has 0 aromatic carbocycles. The van der Waals surface area contributed by atoms with E-state index < -0.39 is 30.0 Å². The topological polar surface area (TPSA) is 17.1 Å². The molecule has 0 aliphatic heterocycles. The van der Waals surface area contributed by atoms with Crippen LogP contribution in [0.15, 0.2) is 0 Å². The number of carbonyl (C=O) groups is 1. The number of hydrogen-bond acceptors (Lipinski definition) is 1. The van der Waals surface area contributed by atoms with Crippen molar-refractivity contribution in [2.45, 2.75) is 26.2 Å². The summed E-state index contributed by atoms with van der Waals surface area (Å²) in [6.07, 6.45) is -9.84. The summed E-state index contributed by atoms with van der Waals surface area (Å²) in [5.41, 5.74) is 0. The molecule has 0 amide bonds. The summed E-state index contributed by atoms with van der Waals surface area (Å²) in [5.74, 6) is -7.02. The van der Waals surface area contributed by atoms with Gasteiger partial charge in [-0.25, -0.2) is 0 Å². The van der Waals surface area contributed by atoms with Crippen molar-refractivity contribution in [3.8, 4) is 0 Å². The molecule has 0 aliphatic rings. The fourth-order valence-electron chi connectivity index (χ4n) is 0.698. The molecule has 14 heavy (non-hydrogen) atoms. The fourth-order valence-corrected chi connectivity index (χ4v) is 0.698. The highest BCUT2D eigenvalue weighted by Crippen LogP contribution is 2.34. The van der Waals surface area contributed by atoms with Crippen LogP contribution in [0.25, 0.3) is 0 Å². The minimum atomic E-state index is -4.92. The van der Waals surface area contributed by atoms with E-state index in [1.807, 2.05) is 0 Å². The van der Waals surface area contributed by atoms with Gasteiger partial charge in [0.15, 0.2) is 5.78 Å². The summed E-state index contributed by atoms with van der Waals surface area (Å²) >= 11 is 0. The second-order valence-electron chi connectivity index (χ2n) is 2.93. The maximum absolute atomic E-state index is 11.9. The molecule has 0 spiro atoms. The average Bonchev–Trinajstić information content (AvgIpc) is 1.97. The van der Waals surface area contributed by atoms with E-state index in [0.29, 0.717) is 13.8 Å². The van der Waals surface area contributed by atoms with Crippen molar-refractivity contribution in [3.63, 3.8) is 0 Å². The minimum Gasteiger partial charge on any atom is -0.298 e. The second kappa shape index (κ2) is 3.78. The third-order valence-corrected chi connectivity index (χ3v) is 1.84. The SMILES string of the molecule is CC(C(=O)C(C)C(F)(F)F)C(F)(F)F. The molecule has 0 N–H and O–H groups in total. The Bertz CT molecular complexity index is 193. The molecule has 0 aromatic heterocycles. The average molecular weight is 222 g/mol. The smallest absolute Gasteiger partial charge is 0.298 e. The zero-order chi connectivity index (χ0) is 11.7. The van der Waals surface area contributed by atoms with Gasteiger partial charge < -0.3 is 0 Å². The lowest BCUT2D eigenvalue weighted by Crippen LogP contribution is -2.37. The summed E-state index contributed by atoms with van der Waals surface area (Å²) in [4.78, 5) is 10.7. The number of hydrogen-bond donors (Lipinski definition) is 0. The summed E-state index contributed by atoms with van der Waals surface area (Å²) < 4.78 is 71.2. The van der Waals surface area contributed by atoms with Gasteiger partial charge in [-0.15, -0.1) is 0 Å². The molecule has 0 heterocycles. The van der Waals surface area contributed by atoms with Crippen molar-refractivity contribution < 1.29 is 31.1 Å². The molecule has 0 rings (SSSR count). The first-order valence-electron chi connectivity index (χ1n) is 3.65. The third kappa shape index (κ3) is 3.19. The Hall–Kier alpha value is -0.750. The van der Waals surface area contributed by atoms with E-state index in [-0.39, 0.29) is 0 Å². The van der Waals surface area contributed by atoms with Crippen LogP contribution in [0.1, 0.15) is 13.8 Å². The monoisotopic (exact) mass is 222 g/mol. The number of alkyl halides is 6. The van der Waals surface area contributed by atoms with Gasteiger partial charge in [-0.2, -0.15) is 26.3 Å². The lowest BCUT2D eigenvalue weighted by atomic mass is 9.94. The van der Waals surface area contributed by atoms with Crippen LogP contribution in [0.5, 0.6) is 0 Å². The van der Waals surface area contributed by atoms with Gasteiger partial charge in [-0.05, 0) is 13.8 Å². The molecule has 1 nitrogen and oxygen atoms in total. The summed E-state index contributed by atoms with van der Waals surface area (Å²) in [7, 11) is 0. The second-order valence-corrected chi connectivity index (χ2v) is 2.93. The summed E-state index contributed by atoms with van der Waals surface area (Å²) in [6.45, 7) is 0.842. The van der Waals surface area contributed by atoms with E-state index in [4.69, 9.17) is 0 Å². The Morgan fingerprint density at radius 3 is 1.21 bits per heavy atom. The van der Waals surface area contributed by atoms with Crippen molar-refractivity contribution in [3.05, 3.63) is 0 Å². The molecule has 0 fully saturated rings. The van der Waals surface area contributed by atoms with Crippen LogP contribution in [-0.4, -0.2) is 18.1 Å². The zero-order valence-electron chi connectivity index (χ0n) is 7.33. The zero-order valence-corrected chi connectivity index (χ0v) is 7.33. The van der Waals surface area contributed by atoms with Crippen LogP contribution in [0.3, 0.4) is 0 Å². The number of ketones is 1. The van der Waals surface area contributed by atoms with Crippen molar-refractivity contribution in [1.29, 1.82) is 0 Å². The minimum absolute atomic E-state index is 0.421. The van der Waals surface area contributed by atoms with E-state index in [1.54, 1.807) is 0 Å². The maximum atomic E-state index is 11.9. The summed E-state index contributed by atoms with van der Waals surface area (Å²) in [5, 5.41) is 0. The largest absolute Gasteiger partial charge is 0.398 e. The fraction of sp³-hybridized carbons (Fsp3) is 0.857. The molecule has 0 bridgehead atoms. The van der Waals surface area contributed by atoms with Gasteiger partial charge in [0.05, 0.1) is 0 Å². The Balaban J connectivity index is 4.65. The highest BCUT2D eigenvalue weighted by Gasteiger charge is 2.49. The van der Waals surface area contributed by atoms with Crippen LogP contribution < -0.4 is 0 Å². The predicted octanol–water partition coefficient (Wildman–Crippen LogP) is 2.95. The lowest BCUT2D eigenvalue weighted by Gasteiger charge is -2.20. The van der Waals surface area contributed by atoms with Crippen molar-refractivity contribution in [2.24, 2.45) is 11.8 Å². The first kappa shape index (κ1) is 13.2. The normalized spacial score (nSPS) is 17.7. The highest BCUT2D eigenvalue weighted by atomic mass is 19.4. The highest BCUT2D eigenvalue weighted by molar-refractivity contribution is 5.84. The van der Waals surface area contributed by atoms with Crippen LogP contribution in [0.4, 0.5) is 26.3 Å². The lowest BCUT2D eigenvalue weighted by molar-refractivity contribution is -0.201. The van der Waals surface area contributed by atoms with Crippen molar-refractivity contribution in [1.82, 2.24) is 0 Å². The number of rotatable bonds is 2. The Kier molecular flexibility index (Phi) is 3.58. The Morgan fingerprint density at radius 2 is 1.07 bits per heavy atom. The standard InChI is InChI=1S/C7H8F6O/c1-3(6(8,9)10)5(14)4(2)7(11,12)13/h3-4H,1-2H3. The molecule has 2 unspecified atom stereocenters. The Labute approximate surface area is 76.1 Å². The molecule has 0 aromatic rings. The number of carbonyl (C=O) groups excluding carboxylic acids is 1. The molecule has 0 saturated carbocycles. The predicted molar refractivity (Wildman–Crippen MR) is 35.4 cm³/mol. The van der Waals surface area contributed by atoms with Gasteiger partial charge >= 0.3 is 12.4 Å². The maximum Gasteiger partial charge on any atom is 0.398 e. The summed E-state index contributed by atoms with van der Waals surface area (Å²) in [6, 6.07) is 0. The van der Waals surface area contributed by atoms with E-state index >= 15 is 0 Å². The van der Waals surface area contributed by atoms with Crippen molar-refractivity contribution >= 4 is 5.78 Å². The molecule has 0 saturated heterocycles. The molecule has 7 heteroatoms. The van der Waals surface area contributed by atoms with Gasteiger partial charge in [-0.1, -0.05) is 0 Å². The quantitative estimate of drug-likeness (QED) is 0.656. The molecule has 2 atom stereocenters. The first-order valence-corrected chi connectivity index (χ1v) is 3.65. The van der Waals surface area contributed by atoms with Crippen molar-refractivity contribution in [2.75, 3.05) is 0 Å². The van der Waals surface area contributed by atoms with Crippen LogP contribution in [0.2, 0.25) is 0 Å². The van der Waals surface area contributed by atoms with Crippen LogP contribution >= 0.6 is 0 Å². The van der Waals surface area contributed by atoms with E-state index in [9.17, 15) is 31.1 Å². The van der Waals surface area contributed by atoms with E-state index in [0.717, 1.165) is 0 Å². The molecular weight excluding hydrogens is 214 g/mol. The number of Topliss-reactive ketones (excluding diaryl/α,β-unsaturated/α-hetero) is 1. The molecule has 84 valence electrons. The van der Waals surface area contributed by atoms with Crippen LogP contribution in [-0.2, 0) is 4.79 Å². The Morgan fingerprint density at radius 1 is 0.857 bits per heavy atom. The number of halogens is 6. The van der Waals surface area contributed by atoms with Gasteiger partial charge in [0.2, 0.25) is 0 Å². The van der Waals surface area contributed by atoms with Crippen LogP contribution in [0, 0.1) is 11.8 Å².